The van der Waals surface area contributed by atoms with Gasteiger partial charge in [0.2, 0.25) is 0 Å². The molecule has 0 N–H and O–H groups in total. The minimum absolute atomic E-state index is 0.0629. The maximum absolute atomic E-state index is 6.41. The molecule has 36 heavy (non-hydrogen) atoms. The molecule has 0 atom stereocenters. The van der Waals surface area contributed by atoms with E-state index in [4.69, 9.17) is 4.65 Å². The summed E-state index contributed by atoms with van der Waals surface area (Å²) in [5, 5.41) is 7.64. The second kappa shape index (κ2) is 8.25. The van der Waals surface area contributed by atoms with E-state index < -0.39 is 0 Å². The Balaban J connectivity index is 1.51. The standard InChI is InChI=1S/C33H32BNO/c1-32(2,3)33(4,5)36-34-24-17-19-31-29(20-24)27-12-8-9-13-30(27)35(31)25-18-16-23-15-14-22-10-6-7-11-26(22)28(23)21-25/h6-21,34H,1-5H3. The van der Waals surface area contributed by atoms with Crippen molar-refractivity contribution in [3.05, 3.63) is 97.1 Å². The highest BCUT2D eigenvalue weighted by Gasteiger charge is 2.33. The van der Waals surface area contributed by atoms with Crippen LogP contribution in [0.25, 0.3) is 49.0 Å². The molecule has 0 radical (unpaired) electrons. The van der Waals surface area contributed by atoms with Gasteiger partial charge in [-0.1, -0.05) is 99.0 Å². The molecule has 0 aliphatic rings. The summed E-state index contributed by atoms with van der Waals surface area (Å²) in [7, 11) is 0.599. The van der Waals surface area contributed by atoms with E-state index in [0.29, 0.717) is 7.48 Å². The van der Waals surface area contributed by atoms with Crippen molar-refractivity contribution < 1.29 is 4.65 Å². The van der Waals surface area contributed by atoms with Crippen molar-refractivity contribution in [3.8, 4) is 5.69 Å². The van der Waals surface area contributed by atoms with Gasteiger partial charge in [-0.25, -0.2) is 0 Å². The Morgan fingerprint density at radius 2 is 1.22 bits per heavy atom. The molecule has 6 aromatic rings. The summed E-state index contributed by atoms with van der Waals surface area (Å²) in [4.78, 5) is 0. The fourth-order valence-electron chi connectivity index (χ4n) is 5.00. The van der Waals surface area contributed by atoms with Crippen molar-refractivity contribution >= 4 is 56.3 Å². The second-order valence-corrected chi connectivity index (χ2v) is 11.4. The molecule has 0 bridgehead atoms. The first-order valence-electron chi connectivity index (χ1n) is 12.8. The molecule has 0 aliphatic heterocycles. The Morgan fingerprint density at radius 1 is 0.583 bits per heavy atom. The van der Waals surface area contributed by atoms with E-state index in [1.54, 1.807) is 0 Å². The van der Waals surface area contributed by atoms with Crippen molar-refractivity contribution in [2.24, 2.45) is 5.41 Å². The molecular weight excluding hydrogens is 437 g/mol. The van der Waals surface area contributed by atoms with Crippen molar-refractivity contribution in [2.75, 3.05) is 0 Å². The van der Waals surface area contributed by atoms with Crippen molar-refractivity contribution in [3.63, 3.8) is 0 Å². The smallest absolute Gasteiger partial charge is 0.309 e. The van der Waals surface area contributed by atoms with Crippen LogP contribution in [-0.2, 0) is 4.65 Å². The van der Waals surface area contributed by atoms with Gasteiger partial charge in [0.05, 0.1) is 16.6 Å². The summed E-state index contributed by atoms with van der Waals surface area (Å²) in [6.07, 6.45) is 0. The topological polar surface area (TPSA) is 14.2 Å². The van der Waals surface area contributed by atoms with Gasteiger partial charge in [-0.15, -0.1) is 0 Å². The van der Waals surface area contributed by atoms with Crippen molar-refractivity contribution in [2.45, 2.75) is 40.2 Å². The van der Waals surface area contributed by atoms with Crippen molar-refractivity contribution in [1.29, 1.82) is 0 Å². The first-order chi connectivity index (χ1) is 17.2. The zero-order valence-electron chi connectivity index (χ0n) is 21.8. The summed E-state index contributed by atoms with van der Waals surface area (Å²) in [5.74, 6) is 0. The monoisotopic (exact) mass is 469 g/mol. The van der Waals surface area contributed by atoms with Crippen LogP contribution in [0.2, 0.25) is 0 Å². The molecule has 0 saturated heterocycles. The summed E-state index contributed by atoms with van der Waals surface area (Å²) in [5.41, 5.74) is 4.67. The number of benzene rings is 5. The van der Waals surface area contributed by atoms with Crippen LogP contribution < -0.4 is 5.46 Å². The summed E-state index contributed by atoms with van der Waals surface area (Å²) in [6.45, 7) is 11.1. The number of rotatable bonds is 4. The fourth-order valence-corrected chi connectivity index (χ4v) is 5.00. The van der Waals surface area contributed by atoms with Gasteiger partial charge >= 0.3 is 7.48 Å². The molecule has 1 aromatic heterocycles. The van der Waals surface area contributed by atoms with Gasteiger partial charge < -0.3 is 9.22 Å². The van der Waals surface area contributed by atoms with E-state index in [9.17, 15) is 0 Å². The third kappa shape index (κ3) is 3.70. The molecule has 2 nitrogen and oxygen atoms in total. The van der Waals surface area contributed by atoms with E-state index in [0.717, 1.165) is 0 Å². The summed E-state index contributed by atoms with van der Waals surface area (Å²) < 4.78 is 8.81. The van der Waals surface area contributed by atoms with Gasteiger partial charge in [0.1, 0.15) is 0 Å². The van der Waals surface area contributed by atoms with Gasteiger partial charge in [-0.2, -0.15) is 0 Å². The van der Waals surface area contributed by atoms with E-state index in [2.05, 4.69) is 136 Å². The van der Waals surface area contributed by atoms with Gasteiger partial charge in [0.15, 0.2) is 0 Å². The lowest BCUT2D eigenvalue weighted by Crippen LogP contribution is -2.42. The van der Waals surface area contributed by atoms with Crippen molar-refractivity contribution in [1.82, 2.24) is 4.57 Å². The van der Waals surface area contributed by atoms with E-state index in [1.807, 2.05) is 0 Å². The molecule has 3 heteroatoms. The van der Waals surface area contributed by atoms with Gasteiger partial charge in [-0.3, -0.25) is 0 Å². The Bertz CT molecular complexity index is 1750. The Labute approximate surface area is 213 Å². The average molecular weight is 469 g/mol. The normalized spacial score (nSPS) is 12.7. The van der Waals surface area contributed by atoms with Gasteiger partial charge in [0.25, 0.3) is 0 Å². The van der Waals surface area contributed by atoms with Crippen LogP contribution in [-0.4, -0.2) is 17.7 Å². The summed E-state index contributed by atoms with van der Waals surface area (Å²) in [6, 6.07) is 35.4. The summed E-state index contributed by atoms with van der Waals surface area (Å²) >= 11 is 0. The van der Waals surface area contributed by atoms with E-state index in [1.165, 1.54) is 54.5 Å². The predicted octanol–water partition coefficient (Wildman–Crippen LogP) is 7.91. The quantitative estimate of drug-likeness (QED) is 0.189. The molecular formula is C33H32BNO. The minimum atomic E-state index is -0.218. The molecule has 5 aromatic carbocycles. The second-order valence-electron chi connectivity index (χ2n) is 11.4. The van der Waals surface area contributed by atoms with E-state index >= 15 is 0 Å². The number of hydrogen-bond acceptors (Lipinski definition) is 1. The van der Waals surface area contributed by atoms with Crippen LogP contribution >= 0.6 is 0 Å². The van der Waals surface area contributed by atoms with Crippen LogP contribution in [0.1, 0.15) is 34.6 Å². The Hall–Kier alpha value is -3.56. The third-order valence-electron chi connectivity index (χ3n) is 8.13. The van der Waals surface area contributed by atoms with Crippen LogP contribution in [0.3, 0.4) is 0 Å². The van der Waals surface area contributed by atoms with Crippen LogP contribution in [0.5, 0.6) is 0 Å². The Kier molecular flexibility index (Phi) is 5.24. The molecule has 1 heterocycles. The molecule has 0 saturated carbocycles. The van der Waals surface area contributed by atoms with Gasteiger partial charge in [0, 0.05) is 16.5 Å². The molecule has 0 amide bonds. The zero-order chi connectivity index (χ0) is 25.1. The van der Waals surface area contributed by atoms with Crippen LogP contribution in [0.15, 0.2) is 97.1 Å². The maximum Gasteiger partial charge on any atom is 0.309 e. The SMILES string of the molecule is CC(C)(C)C(C)(C)OBc1ccc2c(c1)c1ccccc1n2-c1ccc2ccc3ccccc3c2c1. The lowest BCUT2D eigenvalue weighted by Gasteiger charge is -2.39. The highest BCUT2D eigenvalue weighted by atomic mass is 16.5. The molecule has 6 rings (SSSR count). The number of hydrogen-bond donors (Lipinski definition) is 0. The average Bonchev–Trinajstić information content (AvgIpc) is 3.20. The number of para-hydroxylation sites is 1. The maximum atomic E-state index is 6.41. The molecule has 0 fully saturated rings. The lowest BCUT2D eigenvalue weighted by atomic mass is 9.76. The minimum Gasteiger partial charge on any atom is -0.429 e. The molecule has 0 aliphatic carbocycles. The third-order valence-corrected chi connectivity index (χ3v) is 8.13. The van der Waals surface area contributed by atoms with Crippen LogP contribution in [0.4, 0.5) is 0 Å². The number of nitrogens with zero attached hydrogens (tertiary/aromatic N) is 1. The highest BCUT2D eigenvalue weighted by molar-refractivity contribution is 6.47. The lowest BCUT2D eigenvalue weighted by molar-refractivity contribution is 0.00504. The first-order valence-corrected chi connectivity index (χ1v) is 12.8. The number of fused-ring (bicyclic) bond motifs is 6. The predicted molar refractivity (Wildman–Crippen MR) is 157 cm³/mol. The Morgan fingerprint density at radius 3 is 2.00 bits per heavy atom. The number of aromatic nitrogens is 1. The zero-order valence-corrected chi connectivity index (χ0v) is 21.8. The fraction of sp³-hybridized carbons (Fsp3) is 0.212. The molecule has 178 valence electrons. The first kappa shape index (κ1) is 22.9. The largest absolute Gasteiger partial charge is 0.429 e. The van der Waals surface area contributed by atoms with Crippen LogP contribution in [0, 0.1) is 5.41 Å². The van der Waals surface area contributed by atoms with Gasteiger partial charge in [-0.05, 0) is 65.1 Å². The highest BCUT2D eigenvalue weighted by Crippen LogP contribution is 2.35. The molecule has 0 unspecified atom stereocenters. The molecule has 0 spiro atoms. The van der Waals surface area contributed by atoms with E-state index in [-0.39, 0.29) is 11.0 Å².